The fourth-order valence-corrected chi connectivity index (χ4v) is 6.37. The van der Waals surface area contributed by atoms with Gasteiger partial charge in [-0.2, -0.15) is 5.26 Å². The molecule has 2 aromatic heterocycles. The quantitative estimate of drug-likeness (QED) is 0.164. The van der Waals surface area contributed by atoms with Gasteiger partial charge < -0.3 is 24.2 Å². The third-order valence-corrected chi connectivity index (χ3v) is 8.99. The lowest BCUT2D eigenvalue weighted by Crippen LogP contribution is -2.49. The van der Waals surface area contributed by atoms with Crippen LogP contribution < -0.4 is 15.1 Å². The summed E-state index contributed by atoms with van der Waals surface area (Å²) in [7, 11) is 1.55. The third kappa shape index (κ3) is 6.03. The maximum atomic E-state index is 15.3. The molecule has 0 atom stereocenters. The summed E-state index contributed by atoms with van der Waals surface area (Å²) in [4.78, 5) is 49.7. The highest BCUT2D eigenvalue weighted by Crippen LogP contribution is 2.38. The average Bonchev–Trinajstić information content (AvgIpc) is 3.89. The first-order chi connectivity index (χ1) is 21.7. The first-order valence-corrected chi connectivity index (χ1v) is 15.4. The van der Waals surface area contributed by atoms with E-state index in [0.717, 1.165) is 30.7 Å². The Kier molecular flexibility index (Phi) is 8.35. The molecule has 1 N–H and O–H groups in total. The monoisotopic (exact) mass is 648 g/mol. The zero-order chi connectivity index (χ0) is 31.8. The van der Waals surface area contributed by atoms with Gasteiger partial charge in [0.1, 0.15) is 28.8 Å². The second-order valence-corrected chi connectivity index (χ2v) is 12.0. The Bertz CT molecular complexity index is 1930. The number of nitrogens with zero attached hydrogens (tertiary/aromatic N) is 6. The molecule has 3 heterocycles. The second kappa shape index (κ2) is 12.4. The molecule has 45 heavy (non-hydrogen) atoms. The predicted octanol–water partition coefficient (Wildman–Crippen LogP) is 4.61. The molecule has 11 nitrogen and oxygen atoms in total. The van der Waals surface area contributed by atoms with Crippen molar-refractivity contribution in [1.82, 2.24) is 19.4 Å². The van der Waals surface area contributed by atoms with E-state index in [0.29, 0.717) is 54.4 Å². The van der Waals surface area contributed by atoms with Crippen LogP contribution in [0.25, 0.3) is 22.2 Å². The minimum atomic E-state index is -1.34. The number of rotatable bonds is 8. The number of piperazine rings is 1. The standard InChI is InChI=1S/C31H26ClFN6O5S/c1-44-19-6-2-17(3-7-19)27-21(14-34)29(32)36-31(35-27)45-16-26(40)38-10-8-37(9-11-38)25-13-24-20(12-23(25)33)28(41)22(30(42)43)15-39(24)18-4-5-18/h2-3,6-7,12-13,15,18H,4-5,8-11,16H2,1H3,(H,42,43). The van der Waals surface area contributed by atoms with Crippen molar-refractivity contribution in [1.29, 1.82) is 5.26 Å². The van der Waals surface area contributed by atoms with Crippen molar-refractivity contribution in [2.75, 3.05) is 43.9 Å². The van der Waals surface area contributed by atoms with E-state index in [2.05, 4.69) is 9.97 Å². The number of benzene rings is 2. The van der Waals surface area contributed by atoms with Crippen molar-refractivity contribution in [3.63, 3.8) is 0 Å². The van der Waals surface area contributed by atoms with E-state index in [1.807, 2.05) is 11.0 Å². The summed E-state index contributed by atoms with van der Waals surface area (Å²) in [6.45, 7) is 1.41. The summed E-state index contributed by atoms with van der Waals surface area (Å²) in [5, 5.41) is 19.4. The number of fused-ring (bicyclic) bond motifs is 1. The molecular formula is C31H26ClFN6O5S. The fraction of sp³-hybridized carbons (Fsp3) is 0.290. The van der Waals surface area contributed by atoms with Gasteiger partial charge >= 0.3 is 5.97 Å². The number of nitriles is 1. The van der Waals surface area contributed by atoms with Crippen LogP contribution in [-0.4, -0.2) is 75.5 Å². The highest BCUT2D eigenvalue weighted by molar-refractivity contribution is 7.99. The van der Waals surface area contributed by atoms with Crippen molar-refractivity contribution in [2.24, 2.45) is 0 Å². The molecule has 230 valence electrons. The first kappa shape index (κ1) is 30.4. The molecule has 0 spiro atoms. The number of hydrogen-bond donors (Lipinski definition) is 1. The van der Waals surface area contributed by atoms with Crippen LogP contribution in [0.2, 0.25) is 5.15 Å². The number of amides is 1. The number of carbonyl (C=O) groups excluding carboxylic acids is 1. The number of carboxylic acids is 1. The van der Waals surface area contributed by atoms with E-state index in [1.165, 1.54) is 6.20 Å². The number of methoxy groups -OCH3 is 1. The van der Waals surface area contributed by atoms with Crippen molar-refractivity contribution in [3.05, 3.63) is 74.9 Å². The fourth-order valence-electron chi connectivity index (χ4n) is 5.36. The lowest BCUT2D eigenvalue weighted by Gasteiger charge is -2.36. The van der Waals surface area contributed by atoms with E-state index in [-0.39, 0.29) is 44.5 Å². The maximum absolute atomic E-state index is 15.3. The Hall–Kier alpha value is -4.67. The number of thioether (sulfide) groups is 1. The number of anilines is 1. The van der Waals surface area contributed by atoms with E-state index in [1.54, 1.807) is 46.9 Å². The summed E-state index contributed by atoms with van der Waals surface area (Å²) in [5.74, 6) is -1.44. The predicted molar refractivity (Wildman–Crippen MR) is 167 cm³/mol. The molecule has 1 saturated heterocycles. The highest BCUT2D eigenvalue weighted by Gasteiger charge is 2.29. The Morgan fingerprint density at radius 3 is 2.49 bits per heavy atom. The minimum Gasteiger partial charge on any atom is -0.497 e. The molecule has 1 aliphatic carbocycles. The molecule has 14 heteroatoms. The van der Waals surface area contributed by atoms with Crippen LogP contribution in [0, 0.1) is 17.1 Å². The number of halogens is 2. The summed E-state index contributed by atoms with van der Waals surface area (Å²) >= 11 is 7.41. The van der Waals surface area contributed by atoms with Crippen molar-refractivity contribution < 1.29 is 23.8 Å². The van der Waals surface area contributed by atoms with Gasteiger partial charge in [-0.05, 0) is 49.2 Å². The van der Waals surface area contributed by atoms with Crippen LogP contribution in [-0.2, 0) is 4.79 Å². The van der Waals surface area contributed by atoms with Gasteiger partial charge in [-0.3, -0.25) is 9.59 Å². The lowest BCUT2D eigenvalue weighted by atomic mass is 10.1. The maximum Gasteiger partial charge on any atom is 0.341 e. The highest BCUT2D eigenvalue weighted by atomic mass is 35.5. The molecular weight excluding hydrogens is 623 g/mol. The van der Waals surface area contributed by atoms with E-state index in [4.69, 9.17) is 16.3 Å². The Morgan fingerprint density at radius 2 is 1.87 bits per heavy atom. The zero-order valence-corrected chi connectivity index (χ0v) is 25.6. The molecule has 1 amide bonds. The van der Waals surface area contributed by atoms with Gasteiger partial charge in [0.2, 0.25) is 11.3 Å². The van der Waals surface area contributed by atoms with Gasteiger partial charge in [-0.15, -0.1) is 0 Å². The molecule has 2 aliphatic rings. The average molecular weight is 649 g/mol. The van der Waals surface area contributed by atoms with Gasteiger partial charge in [-0.25, -0.2) is 19.2 Å². The summed E-state index contributed by atoms with van der Waals surface area (Å²) < 4.78 is 22.3. The van der Waals surface area contributed by atoms with Gasteiger partial charge in [-0.1, -0.05) is 23.4 Å². The first-order valence-electron chi connectivity index (χ1n) is 14.1. The topological polar surface area (TPSA) is 142 Å². The number of pyridine rings is 1. The van der Waals surface area contributed by atoms with Crippen LogP contribution in [0.5, 0.6) is 5.75 Å². The Morgan fingerprint density at radius 1 is 1.16 bits per heavy atom. The van der Waals surface area contributed by atoms with Crippen molar-refractivity contribution in [3.8, 4) is 23.1 Å². The van der Waals surface area contributed by atoms with E-state index >= 15 is 4.39 Å². The summed E-state index contributed by atoms with van der Waals surface area (Å²) in [5.41, 5.74) is 0.840. The number of hydrogen-bond acceptors (Lipinski definition) is 9. The molecule has 2 fully saturated rings. The Labute approximate surface area is 265 Å². The minimum absolute atomic E-state index is 0.00872. The number of ether oxygens (including phenoxy) is 1. The molecule has 0 radical (unpaired) electrons. The third-order valence-electron chi connectivity index (χ3n) is 7.89. The summed E-state index contributed by atoms with van der Waals surface area (Å²) in [6.07, 6.45) is 3.06. The van der Waals surface area contributed by atoms with Crippen LogP contribution in [0.15, 0.2) is 52.5 Å². The van der Waals surface area contributed by atoms with E-state index in [9.17, 15) is 24.8 Å². The second-order valence-electron chi connectivity index (χ2n) is 10.7. The van der Waals surface area contributed by atoms with Gasteiger partial charge in [0, 0.05) is 49.4 Å². The SMILES string of the molecule is COc1ccc(-c2nc(SCC(=O)N3CCN(c4cc5c(cc4F)c(=O)c(C(=O)O)cn5C4CC4)CC3)nc(Cl)c2C#N)cc1. The van der Waals surface area contributed by atoms with Crippen molar-refractivity contribution in [2.45, 2.75) is 24.0 Å². The number of carboxylic acid groups (broad SMARTS) is 1. The van der Waals surface area contributed by atoms with E-state index < -0.39 is 17.2 Å². The number of carbonyl (C=O) groups is 2. The van der Waals surface area contributed by atoms with Gasteiger partial charge in [0.05, 0.1) is 29.8 Å². The van der Waals surface area contributed by atoms with Crippen LogP contribution in [0.4, 0.5) is 10.1 Å². The van der Waals surface area contributed by atoms with Gasteiger partial charge in [0.25, 0.3) is 0 Å². The molecule has 2 aromatic carbocycles. The smallest absolute Gasteiger partial charge is 0.341 e. The molecule has 4 aromatic rings. The zero-order valence-electron chi connectivity index (χ0n) is 24.0. The largest absolute Gasteiger partial charge is 0.497 e. The lowest BCUT2D eigenvalue weighted by molar-refractivity contribution is -0.128. The molecule has 1 aliphatic heterocycles. The van der Waals surface area contributed by atoms with Gasteiger partial charge in [0.15, 0.2) is 10.3 Å². The molecule has 0 unspecified atom stereocenters. The number of aromatic nitrogens is 3. The molecule has 1 saturated carbocycles. The van der Waals surface area contributed by atoms with Crippen LogP contribution in [0.1, 0.15) is 34.8 Å². The number of aromatic carboxylic acids is 1. The van der Waals surface area contributed by atoms with Crippen molar-refractivity contribution >= 4 is 51.8 Å². The summed E-state index contributed by atoms with van der Waals surface area (Å²) in [6, 6.07) is 11.8. The Balaban J connectivity index is 1.15. The molecule has 6 rings (SSSR count). The van der Waals surface area contributed by atoms with Crippen LogP contribution >= 0.6 is 23.4 Å². The molecule has 0 bridgehead atoms. The van der Waals surface area contributed by atoms with Crippen LogP contribution in [0.3, 0.4) is 0 Å². The normalized spacial score (nSPS) is 14.8.